The maximum Gasteiger partial charge on any atom is 0.234 e. The summed E-state index contributed by atoms with van der Waals surface area (Å²) in [5, 5.41) is 0. The first-order valence-corrected chi connectivity index (χ1v) is 4.49. The molecule has 0 atom stereocenters. The molecule has 0 unspecified atom stereocenters. The van der Waals surface area contributed by atoms with Gasteiger partial charge in [0.15, 0.2) is 0 Å². The second-order valence-corrected chi connectivity index (χ2v) is 4.96. The van der Waals surface area contributed by atoms with E-state index in [0.29, 0.717) is 5.41 Å². The molecule has 3 saturated carbocycles. The third-order valence-corrected chi connectivity index (χ3v) is 3.19. The van der Waals surface area contributed by atoms with Gasteiger partial charge in [-0.15, -0.1) is 0 Å². The van der Waals surface area contributed by atoms with Crippen LogP contribution < -0.4 is 0 Å². The van der Waals surface area contributed by atoms with Crippen LogP contribution in [0.1, 0.15) is 39.5 Å². The van der Waals surface area contributed by atoms with E-state index in [4.69, 9.17) is 6.57 Å². The molecule has 3 aliphatic rings. The lowest BCUT2D eigenvalue weighted by molar-refractivity contribution is -0.119. The molecule has 3 aliphatic carbocycles. The van der Waals surface area contributed by atoms with E-state index in [1.807, 2.05) is 0 Å². The van der Waals surface area contributed by atoms with E-state index in [2.05, 4.69) is 18.7 Å². The summed E-state index contributed by atoms with van der Waals surface area (Å²) in [5.74, 6) is 0.819. The summed E-state index contributed by atoms with van der Waals surface area (Å²) in [4.78, 5) is 3.69. The van der Waals surface area contributed by atoms with E-state index >= 15 is 0 Å². The summed E-state index contributed by atoms with van der Waals surface area (Å²) in [6.45, 7) is 11.6. The number of hydrogen-bond donors (Lipinski definition) is 0. The first kappa shape index (κ1) is 7.16. The number of hydrogen-bond acceptors (Lipinski definition) is 0. The zero-order valence-electron chi connectivity index (χ0n) is 7.35. The smallest absolute Gasteiger partial charge is 0.234 e. The standard InChI is InChI=1S/C10H15N/c1-8(2)4-9-5-10(6-9,7-9)11-3/h8H,4-7H2,1-2H3. The summed E-state index contributed by atoms with van der Waals surface area (Å²) in [7, 11) is 0. The Morgan fingerprint density at radius 3 is 2.27 bits per heavy atom. The van der Waals surface area contributed by atoms with Crippen molar-refractivity contribution in [1.29, 1.82) is 0 Å². The topological polar surface area (TPSA) is 4.36 Å². The normalized spacial score (nSPS) is 46.0. The van der Waals surface area contributed by atoms with Crippen LogP contribution in [-0.2, 0) is 0 Å². The van der Waals surface area contributed by atoms with Gasteiger partial charge in [0, 0.05) is 19.3 Å². The lowest BCUT2D eigenvalue weighted by atomic mass is 9.38. The molecule has 0 radical (unpaired) electrons. The van der Waals surface area contributed by atoms with Crippen molar-refractivity contribution in [2.75, 3.05) is 0 Å². The highest BCUT2D eigenvalue weighted by molar-refractivity contribution is 5.28. The SMILES string of the molecule is [C-]#[N+]C12CC(CC(C)C)(C1)C2. The van der Waals surface area contributed by atoms with Gasteiger partial charge in [-0.2, -0.15) is 0 Å². The first-order valence-electron chi connectivity index (χ1n) is 4.49. The summed E-state index contributed by atoms with van der Waals surface area (Å²) in [6.07, 6.45) is 4.98. The second-order valence-electron chi connectivity index (χ2n) is 4.96. The summed E-state index contributed by atoms with van der Waals surface area (Å²) in [5.41, 5.74) is 0.785. The molecule has 0 saturated heterocycles. The van der Waals surface area contributed by atoms with Crippen LogP contribution in [0.4, 0.5) is 0 Å². The molecular weight excluding hydrogens is 134 g/mol. The van der Waals surface area contributed by atoms with Gasteiger partial charge in [-0.25, -0.2) is 6.57 Å². The predicted octanol–water partition coefficient (Wildman–Crippen LogP) is 2.87. The summed E-state index contributed by atoms with van der Waals surface area (Å²) in [6, 6.07) is 0. The largest absolute Gasteiger partial charge is 0.310 e. The Bertz CT molecular complexity index is 202. The lowest BCUT2D eigenvalue weighted by Crippen LogP contribution is -2.65. The van der Waals surface area contributed by atoms with Gasteiger partial charge in [0.05, 0.1) is 0 Å². The average molecular weight is 149 g/mol. The molecule has 2 bridgehead atoms. The monoisotopic (exact) mass is 149 g/mol. The molecule has 0 aromatic carbocycles. The highest BCUT2D eigenvalue weighted by Gasteiger charge is 2.73. The Hall–Kier alpha value is -0.510. The maximum absolute atomic E-state index is 6.99. The van der Waals surface area contributed by atoms with Gasteiger partial charge in [-0.3, -0.25) is 0 Å². The van der Waals surface area contributed by atoms with Crippen molar-refractivity contribution >= 4 is 0 Å². The quantitative estimate of drug-likeness (QED) is 0.532. The second kappa shape index (κ2) is 1.80. The van der Waals surface area contributed by atoms with Crippen molar-refractivity contribution in [3.05, 3.63) is 11.4 Å². The van der Waals surface area contributed by atoms with Gasteiger partial charge in [0.2, 0.25) is 5.54 Å². The Morgan fingerprint density at radius 2 is 1.91 bits per heavy atom. The van der Waals surface area contributed by atoms with Crippen molar-refractivity contribution in [1.82, 2.24) is 0 Å². The van der Waals surface area contributed by atoms with E-state index in [0.717, 1.165) is 5.92 Å². The maximum atomic E-state index is 6.99. The molecule has 3 fully saturated rings. The summed E-state index contributed by atoms with van der Waals surface area (Å²) >= 11 is 0. The highest BCUT2D eigenvalue weighted by Crippen LogP contribution is 2.71. The van der Waals surface area contributed by atoms with Crippen molar-refractivity contribution in [3.8, 4) is 0 Å². The zero-order valence-corrected chi connectivity index (χ0v) is 7.35. The van der Waals surface area contributed by atoms with Crippen molar-refractivity contribution in [2.24, 2.45) is 11.3 Å². The minimum Gasteiger partial charge on any atom is -0.310 e. The minimum absolute atomic E-state index is 0.148. The number of nitrogens with zero attached hydrogens (tertiary/aromatic N) is 1. The molecule has 0 aromatic heterocycles. The van der Waals surface area contributed by atoms with E-state index in [-0.39, 0.29) is 5.54 Å². The molecule has 3 rings (SSSR count). The molecule has 1 heteroatoms. The summed E-state index contributed by atoms with van der Waals surface area (Å²) < 4.78 is 0. The van der Waals surface area contributed by atoms with Crippen LogP contribution in [0.5, 0.6) is 0 Å². The van der Waals surface area contributed by atoms with Gasteiger partial charge >= 0.3 is 0 Å². The fraction of sp³-hybridized carbons (Fsp3) is 0.900. The molecule has 0 N–H and O–H groups in total. The zero-order chi connectivity index (χ0) is 8.11. The van der Waals surface area contributed by atoms with E-state index in [1.54, 1.807) is 0 Å². The van der Waals surface area contributed by atoms with Crippen LogP contribution in [0.3, 0.4) is 0 Å². The van der Waals surface area contributed by atoms with E-state index < -0.39 is 0 Å². The van der Waals surface area contributed by atoms with Crippen LogP contribution in [0.2, 0.25) is 0 Å². The van der Waals surface area contributed by atoms with Crippen LogP contribution >= 0.6 is 0 Å². The molecule has 0 aliphatic heterocycles. The molecule has 0 heterocycles. The highest BCUT2D eigenvalue weighted by atomic mass is 14.9. The van der Waals surface area contributed by atoms with Crippen LogP contribution in [0, 0.1) is 17.9 Å². The molecule has 0 amide bonds. The molecule has 0 aromatic rings. The van der Waals surface area contributed by atoms with Crippen molar-refractivity contribution in [2.45, 2.75) is 45.1 Å². The van der Waals surface area contributed by atoms with Gasteiger partial charge in [0.25, 0.3) is 0 Å². The molecular formula is C10H15N. The third kappa shape index (κ3) is 0.819. The molecule has 1 nitrogen and oxygen atoms in total. The Balaban J connectivity index is 1.91. The van der Waals surface area contributed by atoms with E-state index in [9.17, 15) is 0 Å². The Labute approximate surface area is 68.6 Å². The van der Waals surface area contributed by atoms with Gasteiger partial charge < -0.3 is 4.85 Å². The van der Waals surface area contributed by atoms with Crippen molar-refractivity contribution in [3.63, 3.8) is 0 Å². The average Bonchev–Trinajstić information content (AvgIpc) is 1.74. The molecule has 0 spiro atoms. The Morgan fingerprint density at radius 1 is 1.36 bits per heavy atom. The van der Waals surface area contributed by atoms with Gasteiger partial charge in [-0.1, -0.05) is 13.8 Å². The third-order valence-electron chi connectivity index (χ3n) is 3.19. The van der Waals surface area contributed by atoms with Crippen molar-refractivity contribution < 1.29 is 0 Å². The predicted molar refractivity (Wildman–Crippen MR) is 45.1 cm³/mol. The number of rotatable bonds is 2. The molecule has 11 heavy (non-hydrogen) atoms. The fourth-order valence-corrected chi connectivity index (χ4v) is 3.14. The van der Waals surface area contributed by atoms with Gasteiger partial charge in [0.1, 0.15) is 0 Å². The van der Waals surface area contributed by atoms with Crippen LogP contribution in [-0.4, -0.2) is 5.54 Å². The fourth-order valence-electron chi connectivity index (χ4n) is 3.14. The Kier molecular flexibility index (Phi) is 1.17. The van der Waals surface area contributed by atoms with E-state index in [1.165, 1.54) is 25.7 Å². The van der Waals surface area contributed by atoms with Crippen LogP contribution in [0.15, 0.2) is 0 Å². The minimum atomic E-state index is 0.148. The van der Waals surface area contributed by atoms with Gasteiger partial charge in [-0.05, 0) is 17.8 Å². The lowest BCUT2D eigenvalue weighted by Gasteiger charge is -2.63. The molecule has 60 valence electrons. The van der Waals surface area contributed by atoms with Crippen LogP contribution in [0.25, 0.3) is 4.85 Å². The first-order chi connectivity index (χ1) is 5.10.